The van der Waals surface area contributed by atoms with E-state index in [2.05, 4.69) is 5.32 Å². The van der Waals surface area contributed by atoms with Gasteiger partial charge in [0.1, 0.15) is 0 Å². The molecule has 1 aromatic carbocycles. The van der Waals surface area contributed by atoms with Crippen molar-refractivity contribution in [3.05, 3.63) is 40.9 Å². The lowest BCUT2D eigenvalue weighted by atomic mass is 10.2. The molecule has 18 heavy (non-hydrogen) atoms. The van der Waals surface area contributed by atoms with Gasteiger partial charge in [0.05, 0.1) is 6.10 Å². The molecule has 3 nitrogen and oxygen atoms in total. The van der Waals surface area contributed by atoms with E-state index >= 15 is 0 Å². The van der Waals surface area contributed by atoms with Crippen molar-refractivity contribution in [1.82, 2.24) is 5.32 Å². The van der Waals surface area contributed by atoms with Crippen molar-refractivity contribution in [3.63, 3.8) is 0 Å². The zero-order chi connectivity index (χ0) is 13.4. The minimum atomic E-state index is -0.342. The van der Waals surface area contributed by atoms with E-state index in [0.29, 0.717) is 24.4 Å². The molecular formula is C14H18ClNO2. The maximum Gasteiger partial charge on any atom is 0.244 e. The van der Waals surface area contributed by atoms with Gasteiger partial charge in [-0.1, -0.05) is 30.7 Å². The lowest BCUT2D eigenvalue weighted by Crippen LogP contribution is -2.25. The topological polar surface area (TPSA) is 49.3 Å². The summed E-state index contributed by atoms with van der Waals surface area (Å²) in [5.41, 5.74) is 0.920. The molecule has 0 bridgehead atoms. The Kier molecular flexibility index (Phi) is 6.47. The summed E-state index contributed by atoms with van der Waals surface area (Å²) in [6.45, 7) is 2.39. The van der Waals surface area contributed by atoms with Gasteiger partial charge in [-0.15, -0.1) is 0 Å². The molecule has 2 N–H and O–H groups in total. The van der Waals surface area contributed by atoms with Crippen molar-refractivity contribution < 1.29 is 9.90 Å². The number of carbonyl (C=O) groups is 1. The molecule has 1 atom stereocenters. The quantitative estimate of drug-likeness (QED) is 0.779. The van der Waals surface area contributed by atoms with Gasteiger partial charge in [-0.05, 0) is 36.6 Å². The third kappa shape index (κ3) is 5.84. The second-order valence-corrected chi connectivity index (χ2v) is 4.46. The number of hydrogen-bond donors (Lipinski definition) is 2. The van der Waals surface area contributed by atoms with Crippen LogP contribution in [0.2, 0.25) is 5.02 Å². The van der Waals surface area contributed by atoms with Crippen molar-refractivity contribution >= 4 is 23.6 Å². The minimum Gasteiger partial charge on any atom is -0.393 e. The molecule has 0 fully saturated rings. The average Bonchev–Trinajstić information content (AvgIpc) is 2.38. The first kappa shape index (κ1) is 14.7. The van der Waals surface area contributed by atoms with E-state index in [0.717, 1.165) is 5.56 Å². The standard InChI is InChI=1S/C14H18ClNO2/c1-2-13(17)9-10-16-14(18)8-5-11-3-6-12(15)7-4-11/h3-8,13,17H,2,9-10H2,1H3,(H,16,18)/b8-5+. The van der Waals surface area contributed by atoms with Gasteiger partial charge in [-0.2, -0.15) is 0 Å². The van der Waals surface area contributed by atoms with Crippen LogP contribution in [0.25, 0.3) is 6.08 Å². The molecule has 4 heteroatoms. The van der Waals surface area contributed by atoms with Crippen molar-refractivity contribution in [1.29, 1.82) is 0 Å². The van der Waals surface area contributed by atoms with Crippen molar-refractivity contribution in [2.75, 3.05) is 6.54 Å². The Labute approximate surface area is 112 Å². The van der Waals surface area contributed by atoms with Gasteiger partial charge in [0.2, 0.25) is 5.91 Å². The highest BCUT2D eigenvalue weighted by Crippen LogP contribution is 2.10. The van der Waals surface area contributed by atoms with Crippen LogP contribution in [0.4, 0.5) is 0 Å². The molecule has 98 valence electrons. The number of carbonyl (C=O) groups excluding carboxylic acids is 1. The Balaban J connectivity index is 2.33. The van der Waals surface area contributed by atoms with E-state index in [1.54, 1.807) is 18.2 Å². The number of halogens is 1. The van der Waals surface area contributed by atoms with E-state index in [1.807, 2.05) is 19.1 Å². The molecule has 0 aromatic heterocycles. The largest absolute Gasteiger partial charge is 0.393 e. The van der Waals surface area contributed by atoms with E-state index in [-0.39, 0.29) is 12.0 Å². The fourth-order valence-corrected chi connectivity index (χ4v) is 1.50. The van der Waals surface area contributed by atoms with Crippen LogP contribution in [0.1, 0.15) is 25.3 Å². The molecule has 0 saturated carbocycles. The van der Waals surface area contributed by atoms with Crippen molar-refractivity contribution in [3.8, 4) is 0 Å². The number of aliphatic hydroxyl groups is 1. The highest BCUT2D eigenvalue weighted by Gasteiger charge is 2.01. The predicted octanol–water partition coefficient (Wildman–Crippen LogP) is 2.63. The molecule has 0 spiro atoms. The molecule has 1 rings (SSSR count). The van der Waals surface area contributed by atoms with Gasteiger partial charge in [0.15, 0.2) is 0 Å². The number of benzene rings is 1. The second-order valence-electron chi connectivity index (χ2n) is 4.03. The molecule has 1 aromatic rings. The Morgan fingerprint density at radius 2 is 2.11 bits per heavy atom. The Hall–Kier alpha value is -1.32. The monoisotopic (exact) mass is 267 g/mol. The van der Waals surface area contributed by atoms with Crippen LogP contribution in [0.3, 0.4) is 0 Å². The molecule has 1 amide bonds. The van der Waals surface area contributed by atoms with E-state index in [1.165, 1.54) is 6.08 Å². The lowest BCUT2D eigenvalue weighted by Gasteiger charge is -2.07. The predicted molar refractivity (Wildman–Crippen MR) is 74.4 cm³/mol. The Bertz CT molecular complexity index is 401. The van der Waals surface area contributed by atoms with Gasteiger partial charge in [-0.3, -0.25) is 4.79 Å². The summed E-state index contributed by atoms with van der Waals surface area (Å²) >= 11 is 5.76. The molecule has 0 heterocycles. The Morgan fingerprint density at radius 3 is 2.72 bits per heavy atom. The smallest absolute Gasteiger partial charge is 0.244 e. The SMILES string of the molecule is CCC(O)CCNC(=O)/C=C/c1ccc(Cl)cc1. The molecule has 0 saturated heterocycles. The molecule has 0 aliphatic rings. The normalized spacial score (nSPS) is 12.6. The maximum absolute atomic E-state index is 11.4. The summed E-state index contributed by atoms with van der Waals surface area (Å²) in [7, 11) is 0. The average molecular weight is 268 g/mol. The van der Waals surface area contributed by atoms with Crippen LogP contribution in [0, 0.1) is 0 Å². The fourth-order valence-electron chi connectivity index (χ4n) is 1.37. The van der Waals surface area contributed by atoms with Crippen molar-refractivity contribution in [2.45, 2.75) is 25.9 Å². The summed E-state index contributed by atoms with van der Waals surface area (Å²) in [6.07, 6.45) is 4.14. The van der Waals surface area contributed by atoms with Crippen LogP contribution >= 0.6 is 11.6 Å². The Morgan fingerprint density at radius 1 is 1.44 bits per heavy atom. The molecule has 0 radical (unpaired) electrons. The van der Waals surface area contributed by atoms with E-state index in [4.69, 9.17) is 11.6 Å². The molecule has 0 aliphatic heterocycles. The van der Waals surface area contributed by atoms with Crippen molar-refractivity contribution in [2.24, 2.45) is 0 Å². The summed E-state index contributed by atoms with van der Waals surface area (Å²) in [5.74, 6) is -0.159. The fraction of sp³-hybridized carbons (Fsp3) is 0.357. The number of nitrogens with one attached hydrogen (secondary N) is 1. The number of amides is 1. The van der Waals surface area contributed by atoms with Crippen LogP contribution in [0.5, 0.6) is 0 Å². The van der Waals surface area contributed by atoms with Crippen LogP contribution in [0.15, 0.2) is 30.3 Å². The first-order valence-corrected chi connectivity index (χ1v) is 6.39. The van der Waals surface area contributed by atoms with Gasteiger partial charge < -0.3 is 10.4 Å². The first-order chi connectivity index (χ1) is 8.61. The van der Waals surface area contributed by atoms with Crippen LogP contribution in [-0.2, 0) is 4.79 Å². The highest BCUT2D eigenvalue weighted by molar-refractivity contribution is 6.30. The molecular weight excluding hydrogens is 250 g/mol. The summed E-state index contributed by atoms with van der Waals surface area (Å²) in [5, 5.41) is 12.7. The maximum atomic E-state index is 11.4. The molecule has 1 unspecified atom stereocenters. The first-order valence-electron chi connectivity index (χ1n) is 6.01. The third-order valence-corrected chi connectivity index (χ3v) is 2.80. The van der Waals surface area contributed by atoms with Gasteiger partial charge >= 0.3 is 0 Å². The number of rotatable bonds is 6. The molecule has 0 aliphatic carbocycles. The highest BCUT2D eigenvalue weighted by atomic mass is 35.5. The summed E-state index contributed by atoms with van der Waals surface area (Å²) < 4.78 is 0. The zero-order valence-corrected chi connectivity index (χ0v) is 11.2. The summed E-state index contributed by atoms with van der Waals surface area (Å²) in [4.78, 5) is 11.4. The minimum absolute atomic E-state index is 0.159. The third-order valence-electron chi connectivity index (χ3n) is 2.55. The van der Waals surface area contributed by atoms with Gasteiger partial charge in [0.25, 0.3) is 0 Å². The van der Waals surface area contributed by atoms with E-state index < -0.39 is 0 Å². The van der Waals surface area contributed by atoms with E-state index in [9.17, 15) is 9.90 Å². The van der Waals surface area contributed by atoms with Crippen LogP contribution < -0.4 is 5.32 Å². The second kappa shape index (κ2) is 7.90. The zero-order valence-electron chi connectivity index (χ0n) is 10.4. The van der Waals surface area contributed by atoms with Crippen LogP contribution in [-0.4, -0.2) is 23.7 Å². The van der Waals surface area contributed by atoms with Gasteiger partial charge in [0, 0.05) is 17.6 Å². The number of aliphatic hydroxyl groups excluding tert-OH is 1. The van der Waals surface area contributed by atoms with Gasteiger partial charge in [-0.25, -0.2) is 0 Å². The number of hydrogen-bond acceptors (Lipinski definition) is 2. The summed E-state index contributed by atoms with van der Waals surface area (Å²) in [6, 6.07) is 7.23. The lowest BCUT2D eigenvalue weighted by molar-refractivity contribution is -0.116.